The van der Waals surface area contributed by atoms with Gasteiger partial charge < -0.3 is 0 Å². The summed E-state index contributed by atoms with van der Waals surface area (Å²) in [6, 6.07) is 0. The van der Waals surface area contributed by atoms with E-state index in [9.17, 15) is 4.79 Å². The number of ketones is 1. The summed E-state index contributed by atoms with van der Waals surface area (Å²) in [6.45, 7) is 2.28. The lowest BCUT2D eigenvalue weighted by molar-refractivity contribution is -0.123. The van der Waals surface area contributed by atoms with Gasteiger partial charge in [0.2, 0.25) is 0 Å². The highest BCUT2D eigenvalue weighted by atomic mass is 79.9. The van der Waals surface area contributed by atoms with E-state index in [1.165, 1.54) is 103 Å². The van der Waals surface area contributed by atoms with Crippen molar-refractivity contribution in [2.75, 3.05) is 5.33 Å². The lowest BCUT2D eigenvalue weighted by atomic mass is 9.83. The number of carbonyl (C=O) groups excluding carboxylic acids is 1. The Bertz CT molecular complexity index is 309. The molecular weight excluding hydrogens is 372 g/mol. The maximum Gasteiger partial charge on any atom is 0.137 e. The predicted molar refractivity (Wildman–Crippen MR) is 115 cm³/mol. The molecule has 0 bridgehead atoms. The molecule has 0 aromatic carbocycles. The van der Waals surface area contributed by atoms with Crippen LogP contribution in [0.3, 0.4) is 0 Å². The Labute approximate surface area is 166 Å². The van der Waals surface area contributed by atoms with E-state index in [4.69, 9.17) is 0 Å². The van der Waals surface area contributed by atoms with E-state index in [0.717, 1.165) is 18.2 Å². The highest BCUT2D eigenvalue weighted by Gasteiger charge is 2.22. The van der Waals surface area contributed by atoms with Crippen molar-refractivity contribution in [1.29, 1.82) is 0 Å². The van der Waals surface area contributed by atoms with Crippen LogP contribution in [0.4, 0.5) is 0 Å². The molecule has 1 atom stereocenters. The molecule has 0 amide bonds. The molecule has 1 unspecified atom stereocenters. The molecule has 0 aromatic rings. The van der Waals surface area contributed by atoms with Crippen LogP contribution in [-0.4, -0.2) is 11.1 Å². The first-order valence-electron chi connectivity index (χ1n) is 11.4. The number of carbonyl (C=O) groups is 1. The minimum atomic E-state index is 0.278. The molecule has 2 heteroatoms. The summed E-state index contributed by atoms with van der Waals surface area (Å²) < 4.78 is 0. The number of halogens is 1. The van der Waals surface area contributed by atoms with Crippen molar-refractivity contribution in [3.8, 4) is 0 Å². The molecule has 1 rings (SSSR count). The summed E-state index contributed by atoms with van der Waals surface area (Å²) in [5, 5.41) is 0.871. The number of rotatable bonds is 16. The molecule has 1 fully saturated rings. The van der Waals surface area contributed by atoms with Crippen molar-refractivity contribution >= 4 is 21.7 Å². The van der Waals surface area contributed by atoms with Crippen molar-refractivity contribution in [3.05, 3.63) is 0 Å². The van der Waals surface area contributed by atoms with Crippen LogP contribution >= 0.6 is 15.9 Å². The first-order chi connectivity index (χ1) is 12.3. The summed E-state index contributed by atoms with van der Waals surface area (Å²) >= 11 is 3.59. The van der Waals surface area contributed by atoms with E-state index >= 15 is 0 Å². The van der Waals surface area contributed by atoms with Crippen LogP contribution in [0.2, 0.25) is 0 Å². The van der Waals surface area contributed by atoms with Gasteiger partial charge in [0.05, 0.1) is 0 Å². The first kappa shape index (κ1) is 23.2. The molecule has 0 radical (unpaired) electrons. The van der Waals surface area contributed by atoms with Gasteiger partial charge in [0.25, 0.3) is 0 Å². The summed E-state index contributed by atoms with van der Waals surface area (Å²) in [5.41, 5.74) is 0. The number of hydrogen-bond donors (Lipinski definition) is 0. The zero-order chi connectivity index (χ0) is 18.2. The van der Waals surface area contributed by atoms with Gasteiger partial charge in [-0.2, -0.15) is 0 Å². The fourth-order valence-corrected chi connectivity index (χ4v) is 4.91. The van der Waals surface area contributed by atoms with Crippen LogP contribution < -0.4 is 0 Å². The molecule has 0 saturated heterocycles. The molecule has 0 heterocycles. The van der Waals surface area contributed by atoms with Gasteiger partial charge in [0, 0.05) is 17.7 Å². The van der Waals surface area contributed by atoms with Crippen LogP contribution in [-0.2, 0) is 4.79 Å². The van der Waals surface area contributed by atoms with Crippen LogP contribution in [0.5, 0.6) is 0 Å². The molecule has 1 nitrogen and oxygen atoms in total. The molecule has 148 valence electrons. The molecule has 0 aliphatic heterocycles. The molecule has 25 heavy (non-hydrogen) atoms. The first-order valence-corrected chi connectivity index (χ1v) is 12.5. The quantitative estimate of drug-likeness (QED) is 0.183. The van der Waals surface area contributed by atoms with E-state index in [1.54, 1.807) is 0 Å². The van der Waals surface area contributed by atoms with Gasteiger partial charge in [-0.25, -0.2) is 0 Å². The highest BCUT2D eigenvalue weighted by molar-refractivity contribution is 9.09. The normalized spacial score (nSPS) is 16.9. The Morgan fingerprint density at radius 2 is 1.36 bits per heavy atom. The third kappa shape index (κ3) is 12.2. The van der Waals surface area contributed by atoms with E-state index < -0.39 is 0 Å². The standard InChI is InChI=1S/C23H43BrO/c1-2-3-4-5-6-7-8-9-10-11-15-18-22(20-24)23(25)19-21-16-13-12-14-17-21/h21-22H,2-20H2,1H3. The Balaban J connectivity index is 1.96. The fourth-order valence-electron chi connectivity index (χ4n) is 4.22. The largest absolute Gasteiger partial charge is 0.299 e. The third-order valence-corrected chi connectivity index (χ3v) is 6.79. The van der Waals surface area contributed by atoms with Crippen molar-refractivity contribution in [2.45, 2.75) is 122 Å². The van der Waals surface area contributed by atoms with Gasteiger partial charge in [0.15, 0.2) is 0 Å². The zero-order valence-electron chi connectivity index (χ0n) is 16.9. The number of Topliss-reactive ketones (excluding diaryl/α,β-unsaturated/α-hetero) is 1. The van der Waals surface area contributed by atoms with Crippen molar-refractivity contribution in [3.63, 3.8) is 0 Å². The molecule has 1 aliphatic carbocycles. The monoisotopic (exact) mass is 414 g/mol. The van der Waals surface area contributed by atoms with Crippen molar-refractivity contribution in [2.24, 2.45) is 11.8 Å². The van der Waals surface area contributed by atoms with Crippen LogP contribution in [0.1, 0.15) is 122 Å². The van der Waals surface area contributed by atoms with E-state index in [1.807, 2.05) is 0 Å². The average Bonchev–Trinajstić information content (AvgIpc) is 2.63. The predicted octanol–water partition coefficient (Wildman–Crippen LogP) is 8.24. The van der Waals surface area contributed by atoms with E-state index in [2.05, 4.69) is 22.9 Å². The molecule has 0 N–H and O–H groups in total. The molecule has 0 aromatic heterocycles. The Hall–Kier alpha value is 0.150. The summed E-state index contributed by atoms with van der Waals surface area (Å²) in [5.74, 6) is 1.51. The SMILES string of the molecule is CCCCCCCCCCCCCC(CBr)C(=O)CC1CCCCC1. The van der Waals surface area contributed by atoms with Gasteiger partial charge in [-0.05, 0) is 12.3 Å². The Morgan fingerprint density at radius 1 is 0.840 bits per heavy atom. The minimum Gasteiger partial charge on any atom is -0.299 e. The fraction of sp³-hybridized carbons (Fsp3) is 0.957. The molecule has 1 saturated carbocycles. The van der Waals surface area contributed by atoms with Crippen LogP contribution in [0.15, 0.2) is 0 Å². The minimum absolute atomic E-state index is 0.278. The molecular formula is C23H43BrO. The van der Waals surface area contributed by atoms with Crippen LogP contribution in [0.25, 0.3) is 0 Å². The summed E-state index contributed by atoms with van der Waals surface area (Å²) in [4.78, 5) is 12.5. The second-order valence-electron chi connectivity index (χ2n) is 8.35. The summed E-state index contributed by atoms with van der Waals surface area (Å²) in [7, 11) is 0. The topological polar surface area (TPSA) is 17.1 Å². The van der Waals surface area contributed by atoms with Gasteiger partial charge in [-0.15, -0.1) is 0 Å². The van der Waals surface area contributed by atoms with Crippen LogP contribution in [0, 0.1) is 11.8 Å². The van der Waals surface area contributed by atoms with Crippen molar-refractivity contribution < 1.29 is 4.79 Å². The smallest absolute Gasteiger partial charge is 0.137 e. The van der Waals surface area contributed by atoms with Gasteiger partial charge in [-0.3, -0.25) is 4.79 Å². The third-order valence-electron chi connectivity index (χ3n) is 6.01. The van der Waals surface area contributed by atoms with E-state index in [0.29, 0.717) is 11.7 Å². The molecule has 0 spiro atoms. The second kappa shape index (κ2) is 16.3. The second-order valence-corrected chi connectivity index (χ2v) is 9.00. The number of hydrogen-bond acceptors (Lipinski definition) is 1. The lowest BCUT2D eigenvalue weighted by Gasteiger charge is -2.22. The van der Waals surface area contributed by atoms with E-state index in [-0.39, 0.29) is 5.92 Å². The maximum absolute atomic E-state index is 12.5. The maximum atomic E-state index is 12.5. The highest BCUT2D eigenvalue weighted by Crippen LogP contribution is 2.28. The Morgan fingerprint density at radius 3 is 1.88 bits per heavy atom. The van der Waals surface area contributed by atoms with Crippen molar-refractivity contribution in [1.82, 2.24) is 0 Å². The number of unbranched alkanes of at least 4 members (excludes halogenated alkanes) is 10. The molecule has 1 aliphatic rings. The average molecular weight is 416 g/mol. The Kier molecular flexibility index (Phi) is 15.2. The van der Waals surface area contributed by atoms with Gasteiger partial charge >= 0.3 is 0 Å². The lowest BCUT2D eigenvalue weighted by Crippen LogP contribution is -2.20. The number of alkyl halides is 1. The zero-order valence-corrected chi connectivity index (χ0v) is 18.5. The van der Waals surface area contributed by atoms with Gasteiger partial charge in [-0.1, -0.05) is 126 Å². The van der Waals surface area contributed by atoms with Gasteiger partial charge in [0.1, 0.15) is 5.78 Å². The summed E-state index contributed by atoms with van der Waals surface area (Å²) in [6.07, 6.45) is 23.8.